The summed E-state index contributed by atoms with van der Waals surface area (Å²) in [6.45, 7) is 5.57. The van der Waals surface area contributed by atoms with Gasteiger partial charge >= 0.3 is 0 Å². The first-order valence-electron chi connectivity index (χ1n) is 8.99. The zero-order valence-corrected chi connectivity index (χ0v) is 17.2. The summed E-state index contributed by atoms with van der Waals surface area (Å²) >= 11 is 0. The molecule has 2 amide bonds. The summed E-state index contributed by atoms with van der Waals surface area (Å²) in [5.41, 5.74) is 0.388. The summed E-state index contributed by atoms with van der Waals surface area (Å²) in [6, 6.07) is 4.43. The van der Waals surface area contributed by atoms with Gasteiger partial charge in [0.25, 0.3) is 5.91 Å². The van der Waals surface area contributed by atoms with E-state index in [9.17, 15) is 9.59 Å². The normalized spacial score (nSPS) is 17.4. The third kappa shape index (κ3) is 6.59. The lowest BCUT2D eigenvalue weighted by Crippen LogP contribution is -2.54. The number of hydrogen-bond acceptors (Lipinski definition) is 5. The van der Waals surface area contributed by atoms with Crippen molar-refractivity contribution < 1.29 is 19.1 Å². The van der Waals surface area contributed by atoms with Gasteiger partial charge in [-0.05, 0) is 37.4 Å². The molecule has 1 heterocycles. The van der Waals surface area contributed by atoms with Gasteiger partial charge in [-0.3, -0.25) is 9.59 Å². The molecule has 0 spiro atoms. The highest BCUT2D eigenvalue weighted by atomic mass is 35.5. The maximum Gasteiger partial charge on any atom is 0.252 e. The summed E-state index contributed by atoms with van der Waals surface area (Å²) in [5.74, 6) is 0.513. The van der Waals surface area contributed by atoms with Crippen LogP contribution < -0.4 is 25.4 Å². The predicted octanol–water partition coefficient (Wildman–Crippen LogP) is 1.75. The van der Waals surface area contributed by atoms with Crippen molar-refractivity contribution in [3.63, 3.8) is 0 Å². The molecule has 0 saturated carbocycles. The number of carbonyl (C=O) groups is 2. The van der Waals surface area contributed by atoms with E-state index in [2.05, 4.69) is 16.0 Å². The number of halogens is 1. The van der Waals surface area contributed by atoms with Gasteiger partial charge in [0.1, 0.15) is 17.5 Å². The van der Waals surface area contributed by atoms with Crippen molar-refractivity contribution >= 4 is 24.2 Å². The smallest absolute Gasteiger partial charge is 0.252 e. The van der Waals surface area contributed by atoms with Crippen LogP contribution in [-0.2, 0) is 4.79 Å². The molecule has 2 atom stereocenters. The second kappa shape index (κ2) is 11.0. The van der Waals surface area contributed by atoms with Crippen LogP contribution in [0.15, 0.2) is 18.2 Å². The Bertz CT molecular complexity index is 611. The van der Waals surface area contributed by atoms with Gasteiger partial charge in [0.05, 0.1) is 14.2 Å². The maximum atomic E-state index is 12.7. The SMILES string of the molecule is COc1cc(OC)cc(C(=O)NC(C(=O)N[C@H]2CCCNC2)C(C)C)c1.Cl. The minimum Gasteiger partial charge on any atom is -0.497 e. The van der Waals surface area contributed by atoms with Crippen LogP contribution in [0.3, 0.4) is 0 Å². The van der Waals surface area contributed by atoms with Gasteiger partial charge in [-0.15, -0.1) is 12.4 Å². The Kier molecular flexibility index (Phi) is 9.38. The number of rotatable bonds is 7. The van der Waals surface area contributed by atoms with Gasteiger partial charge in [-0.2, -0.15) is 0 Å². The quantitative estimate of drug-likeness (QED) is 0.650. The highest BCUT2D eigenvalue weighted by Gasteiger charge is 2.27. The molecule has 1 unspecified atom stereocenters. The Morgan fingerprint density at radius 2 is 1.78 bits per heavy atom. The molecule has 0 radical (unpaired) electrons. The van der Waals surface area contributed by atoms with E-state index in [1.807, 2.05) is 13.8 Å². The number of carbonyl (C=O) groups excluding carboxylic acids is 2. The molecule has 1 aliphatic heterocycles. The summed E-state index contributed by atoms with van der Waals surface area (Å²) in [4.78, 5) is 25.3. The van der Waals surface area contributed by atoms with Crippen LogP contribution in [0.5, 0.6) is 11.5 Å². The van der Waals surface area contributed by atoms with E-state index in [0.717, 1.165) is 25.9 Å². The second-order valence-corrected chi connectivity index (χ2v) is 6.85. The fraction of sp³-hybridized carbons (Fsp3) is 0.579. The molecule has 1 aromatic rings. The van der Waals surface area contributed by atoms with Crippen molar-refractivity contribution in [2.45, 2.75) is 38.8 Å². The third-order valence-corrected chi connectivity index (χ3v) is 4.49. The number of piperidine rings is 1. The molecule has 1 aromatic carbocycles. The van der Waals surface area contributed by atoms with Crippen molar-refractivity contribution in [1.82, 2.24) is 16.0 Å². The van der Waals surface area contributed by atoms with E-state index in [0.29, 0.717) is 17.1 Å². The monoisotopic (exact) mass is 399 g/mol. The molecule has 27 heavy (non-hydrogen) atoms. The number of nitrogens with one attached hydrogen (secondary N) is 3. The minimum atomic E-state index is -0.610. The molecule has 8 heteroatoms. The summed E-state index contributed by atoms with van der Waals surface area (Å²) in [6.07, 6.45) is 1.98. The van der Waals surface area contributed by atoms with E-state index in [1.54, 1.807) is 18.2 Å². The van der Waals surface area contributed by atoms with Crippen LogP contribution in [0.4, 0.5) is 0 Å². The van der Waals surface area contributed by atoms with Crippen molar-refractivity contribution in [3.8, 4) is 11.5 Å². The molecule has 0 aliphatic carbocycles. The maximum absolute atomic E-state index is 12.7. The lowest BCUT2D eigenvalue weighted by atomic mass is 10.0. The Labute approximate surface area is 167 Å². The Morgan fingerprint density at radius 3 is 2.26 bits per heavy atom. The number of benzene rings is 1. The van der Waals surface area contributed by atoms with Crippen LogP contribution in [0.25, 0.3) is 0 Å². The van der Waals surface area contributed by atoms with Crippen LogP contribution in [0.2, 0.25) is 0 Å². The zero-order chi connectivity index (χ0) is 19.1. The molecule has 152 valence electrons. The van der Waals surface area contributed by atoms with Crippen molar-refractivity contribution in [3.05, 3.63) is 23.8 Å². The Morgan fingerprint density at radius 1 is 1.15 bits per heavy atom. The van der Waals surface area contributed by atoms with Gasteiger partial charge < -0.3 is 25.4 Å². The van der Waals surface area contributed by atoms with Gasteiger partial charge in [0.2, 0.25) is 5.91 Å². The largest absolute Gasteiger partial charge is 0.497 e. The zero-order valence-electron chi connectivity index (χ0n) is 16.3. The fourth-order valence-corrected chi connectivity index (χ4v) is 2.96. The highest BCUT2D eigenvalue weighted by Crippen LogP contribution is 2.22. The van der Waals surface area contributed by atoms with Crippen molar-refractivity contribution in [2.75, 3.05) is 27.3 Å². The van der Waals surface area contributed by atoms with Gasteiger partial charge in [0, 0.05) is 24.2 Å². The van der Waals surface area contributed by atoms with Crippen LogP contribution >= 0.6 is 12.4 Å². The number of ether oxygens (including phenoxy) is 2. The molecular formula is C19H30ClN3O4. The third-order valence-electron chi connectivity index (χ3n) is 4.49. The van der Waals surface area contributed by atoms with Gasteiger partial charge in [-0.25, -0.2) is 0 Å². The summed E-state index contributed by atoms with van der Waals surface area (Å²) < 4.78 is 10.4. The lowest BCUT2D eigenvalue weighted by Gasteiger charge is -2.28. The van der Waals surface area contributed by atoms with E-state index >= 15 is 0 Å². The van der Waals surface area contributed by atoms with Gasteiger partial charge in [0.15, 0.2) is 0 Å². The molecule has 1 saturated heterocycles. The standard InChI is InChI=1S/C19H29N3O4.ClH/c1-12(2)17(19(24)21-14-6-5-7-20-11-14)22-18(23)13-8-15(25-3)10-16(9-13)26-4;/h8-10,12,14,17,20H,5-7,11H2,1-4H3,(H,21,24)(H,22,23);1H/t14-,17?;/m0./s1. The topological polar surface area (TPSA) is 88.7 Å². The number of hydrogen-bond donors (Lipinski definition) is 3. The van der Waals surface area contributed by atoms with Gasteiger partial charge in [-0.1, -0.05) is 13.8 Å². The highest BCUT2D eigenvalue weighted by molar-refractivity contribution is 5.98. The lowest BCUT2D eigenvalue weighted by molar-refractivity contribution is -0.124. The molecule has 7 nitrogen and oxygen atoms in total. The van der Waals surface area contributed by atoms with Crippen molar-refractivity contribution in [2.24, 2.45) is 5.92 Å². The van der Waals surface area contributed by atoms with Crippen LogP contribution in [0.1, 0.15) is 37.0 Å². The van der Waals surface area contributed by atoms with E-state index in [4.69, 9.17) is 9.47 Å². The van der Waals surface area contributed by atoms with E-state index in [-0.39, 0.29) is 36.2 Å². The first kappa shape index (κ1) is 23.0. The second-order valence-electron chi connectivity index (χ2n) is 6.85. The van der Waals surface area contributed by atoms with Crippen LogP contribution in [0, 0.1) is 5.92 Å². The molecule has 1 aliphatic rings. The predicted molar refractivity (Wildman–Crippen MR) is 107 cm³/mol. The first-order chi connectivity index (χ1) is 12.4. The average Bonchev–Trinajstić information content (AvgIpc) is 2.65. The summed E-state index contributed by atoms with van der Waals surface area (Å²) in [5, 5.41) is 9.15. The number of methoxy groups -OCH3 is 2. The van der Waals surface area contributed by atoms with E-state index < -0.39 is 6.04 Å². The Hall–Kier alpha value is -1.99. The number of amides is 2. The van der Waals surface area contributed by atoms with Crippen molar-refractivity contribution in [1.29, 1.82) is 0 Å². The first-order valence-corrected chi connectivity index (χ1v) is 8.99. The molecule has 1 fully saturated rings. The van der Waals surface area contributed by atoms with Crippen LogP contribution in [-0.4, -0.2) is 51.2 Å². The fourth-order valence-electron chi connectivity index (χ4n) is 2.96. The summed E-state index contributed by atoms with van der Waals surface area (Å²) in [7, 11) is 3.05. The average molecular weight is 400 g/mol. The molecular weight excluding hydrogens is 370 g/mol. The molecule has 3 N–H and O–H groups in total. The minimum absolute atomic E-state index is 0. The van der Waals surface area contributed by atoms with E-state index in [1.165, 1.54) is 14.2 Å². The Balaban J connectivity index is 0.00000364. The molecule has 0 aromatic heterocycles. The molecule has 0 bridgehead atoms. The molecule has 2 rings (SSSR count).